The second kappa shape index (κ2) is 14.1. The molecule has 2 aliphatic rings. The molecule has 0 atom stereocenters. The van der Waals surface area contributed by atoms with Crippen molar-refractivity contribution in [1.29, 1.82) is 0 Å². The molecule has 3 heteroatoms. The summed E-state index contributed by atoms with van der Waals surface area (Å²) in [5.41, 5.74) is 14.7. The van der Waals surface area contributed by atoms with Crippen molar-refractivity contribution < 1.29 is 4.74 Å². The topological polar surface area (TPSA) is 12.5 Å². The maximum atomic E-state index is 7.38. The van der Waals surface area contributed by atoms with Crippen molar-refractivity contribution in [3.63, 3.8) is 0 Å². The molecule has 0 bridgehead atoms. The third-order valence-electron chi connectivity index (χ3n) is 11.6. The first-order chi connectivity index (χ1) is 28.8. The smallest absolute Gasteiger partial charge is 0.165 e. The van der Waals surface area contributed by atoms with Crippen LogP contribution < -0.4 is 9.64 Å². The number of para-hydroxylation sites is 2. The standard InChI is InChI=1S/C55H37NOS/c1-5-17-38(18-6-1)40-19-15-20-41(37-40)39-31-33-45(34-32-39)56(44-25-11-4-12-26-44)49-29-16-30-50-53(49)57-54-51(58-50)36-35-48-52(54)46-27-13-14-28-47(46)55(48,42-21-7-2-8-22-42)43-23-9-3-10-24-43/h1-37H. The average molecular weight is 760 g/mol. The quantitative estimate of drug-likeness (QED) is 0.161. The monoisotopic (exact) mass is 759 g/mol. The molecule has 1 heterocycles. The first kappa shape index (κ1) is 34.2. The van der Waals surface area contributed by atoms with Crippen LogP contribution in [-0.4, -0.2) is 0 Å². The van der Waals surface area contributed by atoms with E-state index in [-0.39, 0.29) is 0 Å². The number of hydrogen-bond acceptors (Lipinski definition) is 3. The summed E-state index contributed by atoms with van der Waals surface area (Å²) in [6, 6.07) is 80.8. The summed E-state index contributed by atoms with van der Waals surface area (Å²) in [4.78, 5) is 4.52. The van der Waals surface area contributed by atoms with Gasteiger partial charge >= 0.3 is 0 Å². The third-order valence-corrected chi connectivity index (χ3v) is 12.7. The Balaban J connectivity index is 1.05. The SMILES string of the molecule is c1ccc(-c2cccc(-c3ccc(N(c4ccccc4)c4cccc5c4Oc4c(ccc6c4-c4ccccc4C6(c4ccccc4)c4ccccc4)S5)cc3)c2)cc1. The molecule has 9 aromatic rings. The molecule has 0 radical (unpaired) electrons. The number of fused-ring (bicyclic) bond motifs is 6. The van der Waals surface area contributed by atoms with Crippen molar-refractivity contribution in [3.05, 3.63) is 247 Å². The Hall–Kier alpha value is -7.07. The molecule has 1 aliphatic carbocycles. The molecule has 0 saturated heterocycles. The predicted octanol–water partition coefficient (Wildman–Crippen LogP) is 15.1. The molecule has 0 saturated carbocycles. The molecule has 0 fully saturated rings. The van der Waals surface area contributed by atoms with Crippen LogP contribution in [0.2, 0.25) is 0 Å². The molecule has 58 heavy (non-hydrogen) atoms. The Morgan fingerprint density at radius 2 is 0.914 bits per heavy atom. The fourth-order valence-electron chi connectivity index (χ4n) is 9.06. The summed E-state index contributed by atoms with van der Waals surface area (Å²) in [5, 5.41) is 0. The lowest BCUT2D eigenvalue weighted by Crippen LogP contribution is -2.28. The molecule has 2 nitrogen and oxygen atoms in total. The van der Waals surface area contributed by atoms with E-state index in [1.54, 1.807) is 11.8 Å². The van der Waals surface area contributed by atoms with Crippen LogP contribution in [0.3, 0.4) is 0 Å². The molecule has 9 aromatic carbocycles. The Labute approximate surface area is 343 Å². The van der Waals surface area contributed by atoms with E-state index in [4.69, 9.17) is 4.74 Å². The van der Waals surface area contributed by atoms with Gasteiger partial charge in [-0.15, -0.1) is 0 Å². The third kappa shape index (κ3) is 5.50. The molecule has 0 N–H and O–H groups in total. The van der Waals surface area contributed by atoms with Gasteiger partial charge in [0.25, 0.3) is 0 Å². The molecule has 274 valence electrons. The van der Waals surface area contributed by atoms with Gasteiger partial charge in [0.05, 0.1) is 20.9 Å². The highest BCUT2D eigenvalue weighted by Crippen LogP contribution is 2.63. The zero-order valence-electron chi connectivity index (χ0n) is 31.6. The normalized spacial score (nSPS) is 13.0. The molecule has 1 aliphatic heterocycles. The fourth-order valence-corrected chi connectivity index (χ4v) is 10.1. The molecule has 0 amide bonds. The van der Waals surface area contributed by atoms with E-state index in [9.17, 15) is 0 Å². The van der Waals surface area contributed by atoms with Gasteiger partial charge in [0.15, 0.2) is 5.75 Å². The molecular formula is C55H37NOS. The number of hydrogen-bond donors (Lipinski definition) is 0. The average Bonchev–Trinajstić information content (AvgIpc) is 3.61. The number of nitrogens with zero attached hydrogens (tertiary/aromatic N) is 1. The van der Waals surface area contributed by atoms with E-state index in [1.165, 1.54) is 50.1 Å². The summed E-state index contributed by atoms with van der Waals surface area (Å²) < 4.78 is 7.38. The van der Waals surface area contributed by atoms with Gasteiger partial charge in [-0.2, -0.15) is 0 Å². The highest BCUT2D eigenvalue weighted by atomic mass is 32.2. The highest BCUT2D eigenvalue weighted by molar-refractivity contribution is 7.99. The van der Waals surface area contributed by atoms with Crippen LogP contribution in [0.5, 0.6) is 11.5 Å². The number of rotatable bonds is 7. The van der Waals surface area contributed by atoms with Crippen molar-refractivity contribution in [2.24, 2.45) is 0 Å². The highest BCUT2D eigenvalue weighted by Gasteiger charge is 2.48. The lowest BCUT2D eigenvalue weighted by molar-refractivity contribution is 0.457. The Bertz CT molecular complexity index is 2890. The van der Waals surface area contributed by atoms with Crippen LogP contribution in [-0.2, 0) is 5.41 Å². The molecule has 0 unspecified atom stereocenters. The van der Waals surface area contributed by atoms with Crippen molar-refractivity contribution in [2.75, 3.05) is 4.90 Å². The van der Waals surface area contributed by atoms with Gasteiger partial charge in [-0.1, -0.05) is 188 Å². The zero-order valence-corrected chi connectivity index (χ0v) is 32.4. The largest absolute Gasteiger partial charge is 0.452 e. The fraction of sp³-hybridized carbons (Fsp3) is 0.0182. The van der Waals surface area contributed by atoms with Gasteiger partial charge < -0.3 is 9.64 Å². The van der Waals surface area contributed by atoms with Gasteiger partial charge in [-0.05, 0) is 98.6 Å². The summed E-state index contributed by atoms with van der Waals surface area (Å²) in [7, 11) is 0. The van der Waals surface area contributed by atoms with Crippen molar-refractivity contribution in [3.8, 4) is 44.9 Å². The van der Waals surface area contributed by atoms with Crippen molar-refractivity contribution in [2.45, 2.75) is 15.2 Å². The summed E-state index contributed by atoms with van der Waals surface area (Å²) >= 11 is 1.78. The van der Waals surface area contributed by atoms with Crippen LogP contribution in [0, 0.1) is 0 Å². The Morgan fingerprint density at radius 3 is 1.60 bits per heavy atom. The van der Waals surface area contributed by atoms with Crippen LogP contribution >= 0.6 is 11.8 Å². The van der Waals surface area contributed by atoms with E-state index >= 15 is 0 Å². The van der Waals surface area contributed by atoms with Crippen LogP contribution in [0.25, 0.3) is 33.4 Å². The molecule has 0 spiro atoms. The van der Waals surface area contributed by atoms with Crippen LogP contribution in [0.15, 0.2) is 234 Å². The second-order valence-electron chi connectivity index (χ2n) is 14.8. The molecule has 11 rings (SSSR count). The summed E-state index contributed by atoms with van der Waals surface area (Å²) in [6.07, 6.45) is 0. The number of benzene rings is 9. The van der Waals surface area contributed by atoms with Crippen LogP contribution in [0.4, 0.5) is 17.1 Å². The van der Waals surface area contributed by atoms with Gasteiger partial charge in [0, 0.05) is 16.9 Å². The Morgan fingerprint density at radius 1 is 0.379 bits per heavy atom. The van der Waals surface area contributed by atoms with Gasteiger partial charge in [0.1, 0.15) is 5.75 Å². The van der Waals surface area contributed by atoms with Crippen molar-refractivity contribution in [1.82, 2.24) is 0 Å². The predicted molar refractivity (Wildman–Crippen MR) is 240 cm³/mol. The van der Waals surface area contributed by atoms with Gasteiger partial charge in [0.2, 0.25) is 0 Å². The minimum absolute atomic E-state index is 0.504. The molecular weight excluding hydrogens is 723 g/mol. The maximum absolute atomic E-state index is 7.38. The van der Waals surface area contributed by atoms with E-state index in [0.29, 0.717) is 0 Å². The Kier molecular flexibility index (Phi) is 8.34. The molecule has 0 aromatic heterocycles. The van der Waals surface area contributed by atoms with Gasteiger partial charge in [-0.3, -0.25) is 0 Å². The zero-order chi connectivity index (χ0) is 38.5. The lowest BCUT2D eigenvalue weighted by atomic mass is 9.68. The van der Waals surface area contributed by atoms with E-state index < -0.39 is 5.41 Å². The van der Waals surface area contributed by atoms with Crippen molar-refractivity contribution >= 4 is 28.8 Å². The van der Waals surface area contributed by atoms with E-state index in [2.05, 4.69) is 229 Å². The van der Waals surface area contributed by atoms with E-state index in [1.807, 2.05) is 0 Å². The first-order valence-electron chi connectivity index (χ1n) is 19.8. The number of anilines is 3. The minimum Gasteiger partial charge on any atom is -0.452 e. The van der Waals surface area contributed by atoms with Crippen LogP contribution in [0.1, 0.15) is 22.3 Å². The summed E-state index contributed by atoms with van der Waals surface area (Å²) in [5.74, 6) is 1.76. The first-order valence-corrected chi connectivity index (χ1v) is 20.6. The summed E-state index contributed by atoms with van der Waals surface area (Å²) in [6.45, 7) is 0. The van der Waals surface area contributed by atoms with E-state index in [0.717, 1.165) is 43.9 Å². The minimum atomic E-state index is -0.504. The van der Waals surface area contributed by atoms with Gasteiger partial charge in [-0.25, -0.2) is 0 Å². The second-order valence-corrected chi connectivity index (χ2v) is 15.9. The number of ether oxygens (including phenoxy) is 1. The lowest BCUT2D eigenvalue weighted by Gasteiger charge is -2.34. The maximum Gasteiger partial charge on any atom is 0.165 e.